The quantitative estimate of drug-likeness (QED) is 0.735. The van der Waals surface area contributed by atoms with Gasteiger partial charge in [0.1, 0.15) is 5.82 Å². The second-order valence-electron chi connectivity index (χ2n) is 3.47. The Bertz CT molecular complexity index is 617. The predicted molar refractivity (Wildman–Crippen MR) is 66.6 cm³/mol. The van der Waals surface area contributed by atoms with Crippen LogP contribution in [0.15, 0.2) is 36.4 Å². The molecule has 0 aromatic heterocycles. The first kappa shape index (κ1) is 11.9. The standard InChI is InChI=1S/C13H6Cl2FN/c14-11-4-8(7-17)3-10(5-11)9-1-2-13(16)12(15)6-9/h1-6H. The zero-order valence-corrected chi connectivity index (χ0v) is 10.1. The molecule has 0 aliphatic rings. The lowest BCUT2D eigenvalue weighted by Gasteiger charge is -2.04. The van der Waals surface area contributed by atoms with Crippen molar-refractivity contribution in [2.75, 3.05) is 0 Å². The largest absolute Gasteiger partial charge is 0.205 e. The molecule has 4 heteroatoms. The molecule has 1 nitrogen and oxygen atoms in total. The highest BCUT2D eigenvalue weighted by molar-refractivity contribution is 6.31. The van der Waals surface area contributed by atoms with Crippen LogP contribution in [-0.4, -0.2) is 0 Å². The van der Waals surface area contributed by atoms with Crippen LogP contribution < -0.4 is 0 Å². The van der Waals surface area contributed by atoms with Gasteiger partial charge in [0.05, 0.1) is 16.7 Å². The maximum absolute atomic E-state index is 13.0. The number of benzene rings is 2. The third-order valence-electron chi connectivity index (χ3n) is 2.28. The zero-order chi connectivity index (χ0) is 12.4. The van der Waals surface area contributed by atoms with Gasteiger partial charge < -0.3 is 0 Å². The minimum Gasteiger partial charge on any atom is -0.205 e. The van der Waals surface area contributed by atoms with E-state index in [1.54, 1.807) is 24.3 Å². The van der Waals surface area contributed by atoms with Gasteiger partial charge in [-0.3, -0.25) is 0 Å². The van der Waals surface area contributed by atoms with Gasteiger partial charge in [-0.2, -0.15) is 5.26 Å². The summed E-state index contributed by atoms with van der Waals surface area (Å²) in [7, 11) is 0. The van der Waals surface area contributed by atoms with Crippen molar-refractivity contribution in [3.63, 3.8) is 0 Å². The topological polar surface area (TPSA) is 23.8 Å². The molecule has 84 valence electrons. The summed E-state index contributed by atoms with van der Waals surface area (Å²) >= 11 is 11.6. The average molecular weight is 266 g/mol. The van der Waals surface area contributed by atoms with E-state index in [1.807, 2.05) is 6.07 Å². The van der Waals surface area contributed by atoms with Crippen molar-refractivity contribution in [1.82, 2.24) is 0 Å². The predicted octanol–water partition coefficient (Wildman–Crippen LogP) is 4.67. The van der Waals surface area contributed by atoms with Gasteiger partial charge >= 0.3 is 0 Å². The molecule has 0 saturated heterocycles. The van der Waals surface area contributed by atoms with Gasteiger partial charge in [0.15, 0.2) is 0 Å². The van der Waals surface area contributed by atoms with E-state index in [-0.39, 0.29) is 5.02 Å². The molecule has 0 aliphatic carbocycles. The van der Waals surface area contributed by atoms with E-state index in [0.717, 1.165) is 11.1 Å². The summed E-state index contributed by atoms with van der Waals surface area (Å²) in [6, 6.07) is 11.3. The molecule has 0 amide bonds. The highest BCUT2D eigenvalue weighted by atomic mass is 35.5. The highest BCUT2D eigenvalue weighted by Crippen LogP contribution is 2.27. The van der Waals surface area contributed by atoms with Crippen LogP contribution in [-0.2, 0) is 0 Å². The molecule has 0 fully saturated rings. The van der Waals surface area contributed by atoms with Crippen molar-refractivity contribution in [2.24, 2.45) is 0 Å². The van der Waals surface area contributed by atoms with Crippen molar-refractivity contribution in [3.8, 4) is 17.2 Å². The lowest BCUT2D eigenvalue weighted by Crippen LogP contribution is -1.83. The van der Waals surface area contributed by atoms with Crippen LogP contribution in [0.3, 0.4) is 0 Å². The SMILES string of the molecule is N#Cc1cc(Cl)cc(-c2ccc(F)c(Cl)c2)c1. The van der Waals surface area contributed by atoms with Crippen molar-refractivity contribution < 1.29 is 4.39 Å². The molecule has 0 N–H and O–H groups in total. The first-order valence-corrected chi connectivity index (χ1v) is 5.52. The summed E-state index contributed by atoms with van der Waals surface area (Å²) < 4.78 is 13.0. The number of nitriles is 1. The molecule has 0 heterocycles. The maximum atomic E-state index is 13.0. The molecule has 0 unspecified atom stereocenters. The first-order valence-electron chi connectivity index (χ1n) is 4.76. The van der Waals surface area contributed by atoms with Gasteiger partial charge in [0.25, 0.3) is 0 Å². The number of rotatable bonds is 1. The van der Waals surface area contributed by atoms with E-state index < -0.39 is 5.82 Å². The second kappa shape index (κ2) is 4.75. The first-order chi connectivity index (χ1) is 8.10. The fraction of sp³-hybridized carbons (Fsp3) is 0. The second-order valence-corrected chi connectivity index (χ2v) is 4.31. The maximum Gasteiger partial charge on any atom is 0.141 e. The molecule has 0 spiro atoms. The van der Waals surface area contributed by atoms with Crippen LogP contribution in [0.25, 0.3) is 11.1 Å². The molecule has 0 saturated carbocycles. The average Bonchev–Trinajstić information content (AvgIpc) is 2.32. The molecule has 0 aliphatic heterocycles. The third kappa shape index (κ3) is 2.58. The number of halogens is 3. The van der Waals surface area contributed by atoms with Gasteiger partial charge in [-0.05, 0) is 41.5 Å². The normalized spacial score (nSPS) is 10.0. The lowest BCUT2D eigenvalue weighted by atomic mass is 10.0. The summed E-state index contributed by atoms with van der Waals surface area (Å²) in [6.07, 6.45) is 0. The van der Waals surface area contributed by atoms with Crippen LogP contribution in [0, 0.1) is 17.1 Å². The van der Waals surface area contributed by atoms with E-state index in [1.165, 1.54) is 12.1 Å². The highest BCUT2D eigenvalue weighted by Gasteiger charge is 2.05. The van der Waals surface area contributed by atoms with E-state index in [9.17, 15) is 4.39 Å². The van der Waals surface area contributed by atoms with Crippen molar-refractivity contribution in [2.45, 2.75) is 0 Å². The Morgan fingerprint density at radius 2 is 1.76 bits per heavy atom. The monoisotopic (exact) mass is 265 g/mol. The van der Waals surface area contributed by atoms with Gasteiger partial charge in [0, 0.05) is 5.02 Å². The molecule has 0 atom stereocenters. The van der Waals surface area contributed by atoms with Crippen LogP contribution in [0.5, 0.6) is 0 Å². The van der Waals surface area contributed by atoms with Crippen LogP contribution >= 0.6 is 23.2 Å². The van der Waals surface area contributed by atoms with Crippen LogP contribution in [0.4, 0.5) is 4.39 Å². The van der Waals surface area contributed by atoms with Crippen molar-refractivity contribution in [3.05, 3.63) is 57.8 Å². The molecule has 0 bridgehead atoms. The minimum atomic E-state index is -0.474. The summed E-state index contributed by atoms with van der Waals surface area (Å²) in [6.45, 7) is 0. The summed E-state index contributed by atoms with van der Waals surface area (Å²) in [5, 5.41) is 9.34. The summed E-state index contributed by atoms with van der Waals surface area (Å²) in [5.41, 5.74) is 1.90. The zero-order valence-electron chi connectivity index (χ0n) is 8.55. The van der Waals surface area contributed by atoms with E-state index in [4.69, 9.17) is 28.5 Å². The molecule has 2 aromatic rings. The van der Waals surface area contributed by atoms with E-state index in [2.05, 4.69) is 0 Å². The van der Waals surface area contributed by atoms with E-state index >= 15 is 0 Å². The Balaban J connectivity index is 2.56. The Morgan fingerprint density at radius 1 is 1.00 bits per heavy atom. The van der Waals surface area contributed by atoms with Gasteiger partial charge in [0.2, 0.25) is 0 Å². The third-order valence-corrected chi connectivity index (χ3v) is 2.79. The summed E-state index contributed by atoms with van der Waals surface area (Å²) in [4.78, 5) is 0. The lowest BCUT2D eigenvalue weighted by molar-refractivity contribution is 0.628. The molecular formula is C13H6Cl2FN. The molecular weight excluding hydrogens is 260 g/mol. The van der Waals surface area contributed by atoms with Gasteiger partial charge in [-0.1, -0.05) is 29.3 Å². The van der Waals surface area contributed by atoms with Crippen molar-refractivity contribution >= 4 is 23.2 Å². The molecule has 2 rings (SSSR count). The fourth-order valence-corrected chi connectivity index (χ4v) is 1.91. The smallest absolute Gasteiger partial charge is 0.141 e. The Hall–Kier alpha value is -1.56. The Labute approximate surface area is 108 Å². The Morgan fingerprint density at radius 3 is 2.41 bits per heavy atom. The van der Waals surface area contributed by atoms with Crippen molar-refractivity contribution in [1.29, 1.82) is 5.26 Å². The van der Waals surface area contributed by atoms with Gasteiger partial charge in [-0.15, -0.1) is 0 Å². The number of hydrogen-bond acceptors (Lipinski definition) is 1. The Kier molecular flexibility index (Phi) is 3.33. The summed E-state index contributed by atoms with van der Waals surface area (Å²) in [5.74, 6) is -0.474. The minimum absolute atomic E-state index is 0.0426. The number of hydrogen-bond donors (Lipinski definition) is 0. The van der Waals surface area contributed by atoms with Crippen LogP contribution in [0.1, 0.15) is 5.56 Å². The number of nitrogens with zero attached hydrogens (tertiary/aromatic N) is 1. The van der Waals surface area contributed by atoms with Gasteiger partial charge in [-0.25, -0.2) is 4.39 Å². The molecule has 2 aromatic carbocycles. The van der Waals surface area contributed by atoms with Crippen LogP contribution in [0.2, 0.25) is 10.0 Å². The fourth-order valence-electron chi connectivity index (χ4n) is 1.50. The molecule has 17 heavy (non-hydrogen) atoms. The van der Waals surface area contributed by atoms with E-state index in [0.29, 0.717) is 10.6 Å². The molecule has 0 radical (unpaired) electrons.